The molecule has 0 atom stereocenters. The van der Waals surface area contributed by atoms with Crippen LogP contribution in [0.3, 0.4) is 0 Å². The highest BCUT2D eigenvalue weighted by Crippen LogP contribution is 2.23. The van der Waals surface area contributed by atoms with E-state index in [0.717, 1.165) is 0 Å². The zero-order chi connectivity index (χ0) is 17.3. The van der Waals surface area contributed by atoms with Crippen molar-refractivity contribution in [3.05, 3.63) is 36.5 Å². The molecule has 3 rings (SSSR count). The Morgan fingerprint density at radius 2 is 2.08 bits per heavy atom. The van der Waals surface area contributed by atoms with Gasteiger partial charge in [-0.1, -0.05) is 6.92 Å². The van der Waals surface area contributed by atoms with E-state index in [4.69, 9.17) is 5.73 Å². The van der Waals surface area contributed by atoms with Crippen molar-refractivity contribution in [1.29, 1.82) is 0 Å². The van der Waals surface area contributed by atoms with E-state index in [2.05, 4.69) is 19.8 Å². The van der Waals surface area contributed by atoms with E-state index in [1.165, 1.54) is 35.2 Å². The first-order chi connectivity index (χ1) is 11.4. The SMILES string of the molecule is CCCNS(=O)(=O)c1cncc(-c2cc(F)c3nc(N)nn3c2)c1. The fourth-order valence-corrected chi connectivity index (χ4v) is 3.29. The molecule has 0 aliphatic carbocycles. The number of rotatable bonds is 5. The number of pyridine rings is 2. The molecule has 10 heteroatoms. The molecule has 0 radical (unpaired) electrons. The third-order valence-electron chi connectivity index (χ3n) is 3.30. The fraction of sp³-hybridized carbons (Fsp3) is 0.214. The van der Waals surface area contributed by atoms with Crippen molar-refractivity contribution in [3.63, 3.8) is 0 Å². The molecule has 126 valence electrons. The van der Waals surface area contributed by atoms with Gasteiger partial charge in [0.15, 0.2) is 11.5 Å². The average Bonchev–Trinajstić information content (AvgIpc) is 2.94. The zero-order valence-corrected chi connectivity index (χ0v) is 13.6. The molecule has 3 aromatic rings. The molecule has 0 fully saturated rings. The fourth-order valence-electron chi connectivity index (χ4n) is 2.16. The molecule has 3 N–H and O–H groups in total. The number of aromatic nitrogens is 4. The first-order valence-corrected chi connectivity index (χ1v) is 8.65. The van der Waals surface area contributed by atoms with Gasteiger partial charge in [-0.25, -0.2) is 22.0 Å². The van der Waals surface area contributed by atoms with Gasteiger partial charge in [-0.3, -0.25) is 4.98 Å². The molecule has 0 unspecified atom stereocenters. The van der Waals surface area contributed by atoms with Gasteiger partial charge in [0.2, 0.25) is 16.0 Å². The molecule has 0 saturated heterocycles. The Kier molecular flexibility index (Phi) is 4.16. The number of anilines is 1. The number of hydrogen-bond acceptors (Lipinski definition) is 6. The van der Waals surface area contributed by atoms with Crippen LogP contribution in [0, 0.1) is 5.82 Å². The third kappa shape index (κ3) is 3.05. The second kappa shape index (κ2) is 6.13. The average molecular weight is 350 g/mol. The van der Waals surface area contributed by atoms with Crippen LogP contribution in [-0.2, 0) is 10.0 Å². The van der Waals surface area contributed by atoms with Gasteiger partial charge < -0.3 is 5.73 Å². The summed E-state index contributed by atoms with van der Waals surface area (Å²) in [6, 6.07) is 2.65. The highest BCUT2D eigenvalue weighted by molar-refractivity contribution is 7.89. The minimum atomic E-state index is -3.66. The Labute approximate surface area is 137 Å². The minimum Gasteiger partial charge on any atom is -0.366 e. The summed E-state index contributed by atoms with van der Waals surface area (Å²) in [5.41, 5.74) is 6.31. The number of nitrogens with two attached hydrogens (primary N) is 1. The minimum absolute atomic E-state index is 0.00222. The van der Waals surface area contributed by atoms with Crippen LogP contribution < -0.4 is 10.5 Å². The maximum Gasteiger partial charge on any atom is 0.242 e. The summed E-state index contributed by atoms with van der Waals surface area (Å²) in [6.45, 7) is 2.18. The van der Waals surface area contributed by atoms with Crippen LogP contribution in [0.5, 0.6) is 0 Å². The lowest BCUT2D eigenvalue weighted by atomic mass is 10.1. The van der Waals surface area contributed by atoms with Crippen molar-refractivity contribution in [3.8, 4) is 11.1 Å². The summed E-state index contributed by atoms with van der Waals surface area (Å²) >= 11 is 0. The second-order valence-electron chi connectivity index (χ2n) is 5.12. The number of nitrogens with zero attached hydrogens (tertiary/aromatic N) is 4. The molecule has 0 aromatic carbocycles. The lowest BCUT2D eigenvalue weighted by Crippen LogP contribution is -2.24. The summed E-state index contributed by atoms with van der Waals surface area (Å²) in [4.78, 5) is 7.72. The molecule has 0 bridgehead atoms. The van der Waals surface area contributed by atoms with Gasteiger partial charge in [0.25, 0.3) is 0 Å². The molecule has 0 aliphatic heterocycles. The van der Waals surface area contributed by atoms with Crippen LogP contribution in [0.1, 0.15) is 13.3 Å². The molecular weight excluding hydrogens is 335 g/mol. The van der Waals surface area contributed by atoms with Gasteiger partial charge in [0, 0.05) is 36.3 Å². The van der Waals surface area contributed by atoms with E-state index in [1.54, 1.807) is 0 Å². The van der Waals surface area contributed by atoms with Crippen molar-refractivity contribution in [2.24, 2.45) is 0 Å². The molecule has 0 spiro atoms. The normalized spacial score (nSPS) is 11.9. The lowest BCUT2D eigenvalue weighted by molar-refractivity contribution is 0.580. The predicted octanol–water partition coefficient (Wildman–Crippen LogP) is 1.20. The Morgan fingerprint density at radius 3 is 2.83 bits per heavy atom. The highest BCUT2D eigenvalue weighted by Gasteiger charge is 2.16. The van der Waals surface area contributed by atoms with E-state index in [1.807, 2.05) is 6.92 Å². The standard InChI is InChI=1S/C14H15FN6O2S/c1-2-3-18-24(22,23)11-4-9(6-17-7-11)10-5-12(15)13-19-14(16)20-21(13)8-10/h4-8,18H,2-3H2,1H3,(H2,16,20). The van der Waals surface area contributed by atoms with Crippen molar-refractivity contribution in [1.82, 2.24) is 24.3 Å². The summed E-state index contributed by atoms with van der Waals surface area (Å²) < 4.78 is 42.2. The van der Waals surface area contributed by atoms with E-state index in [9.17, 15) is 12.8 Å². The van der Waals surface area contributed by atoms with Crippen molar-refractivity contribution in [2.75, 3.05) is 12.3 Å². The Morgan fingerprint density at radius 1 is 1.29 bits per heavy atom. The Balaban J connectivity index is 2.06. The number of nitrogens with one attached hydrogen (secondary N) is 1. The van der Waals surface area contributed by atoms with E-state index in [0.29, 0.717) is 24.1 Å². The third-order valence-corrected chi connectivity index (χ3v) is 4.73. The van der Waals surface area contributed by atoms with Gasteiger partial charge in [0.1, 0.15) is 4.90 Å². The predicted molar refractivity (Wildman–Crippen MR) is 86.1 cm³/mol. The van der Waals surface area contributed by atoms with Crippen molar-refractivity contribution >= 4 is 21.6 Å². The van der Waals surface area contributed by atoms with Crippen LogP contribution in [0.25, 0.3) is 16.8 Å². The van der Waals surface area contributed by atoms with Gasteiger partial charge >= 0.3 is 0 Å². The molecule has 8 nitrogen and oxygen atoms in total. The number of fused-ring (bicyclic) bond motifs is 1. The van der Waals surface area contributed by atoms with Crippen LogP contribution >= 0.6 is 0 Å². The zero-order valence-electron chi connectivity index (χ0n) is 12.8. The van der Waals surface area contributed by atoms with Crippen LogP contribution in [-0.4, -0.2) is 34.5 Å². The first kappa shape index (κ1) is 16.3. The maximum absolute atomic E-state index is 14.1. The number of hydrogen-bond donors (Lipinski definition) is 2. The maximum atomic E-state index is 14.1. The number of sulfonamides is 1. The Bertz CT molecular complexity index is 1000. The molecule has 0 amide bonds. The molecule has 3 heterocycles. The smallest absolute Gasteiger partial charge is 0.242 e. The van der Waals surface area contributed by atoms with Gasteiger partial charge in [-0.15, -0.1) is 5.10 Å². The highest BCUT2D eigenvalue weighted by atomic mass is 32.2. The largest absolute Gasteiger partial charge is 0.366 e. The van der Waals surface area contributed by atoms with Crippen LogP contribution in [0.15, 0.2) is 35.6 Å². The summed E-state index contributed by atoms with van der Waals surface area (Å²) in [5.74, 6) is -0.668. The lowest BCUT2D eigenvalue weighted by Gasteiger charge is -2.08. The van der Waals surface area contributed by atoms with Crippen LogP contribution in [0.4, 0.5) is 10.3 Å². The molecule has 24 heavy (non-hydrogen) atoms. The number of nitrogen functional groups attached to an aromatic ring is 1. The van der Waals surface area contributed by atoms with Crippen LogP contribution in [0.2, 0.25) is 0 Å². The molecule has 3 aromatic heterocycles. The number of halogens is 1. The molecule has 0 saturated carbocycles. The quantitative estimate of drug-likeness (QED) is 0.714. The van der Waals surface area contributed by atoms with Gasteiger partial charge in [0.05, 0.1) is 0 Å². The van der Waals surface area contributed by atoms with E-state index < -0.39 is 15.8 Å². The first-order valence-electron chi connectivity index (χ1n) is 7.17. The van der Waals surface area contributed by atoms with Gasteiger partial charge in [-0.05, 0) is 18.6 Å². The summed E-state index contributed by atoms with van der Waals surface area (Å²) in [7, 11) is -3.66. The van der Waals surface area contributed by atoms with Crippen molar-refractivity contribution in [2.45, 2.75) is 18.2 Å². The monoisotopic (exact) mass is 350 g/mol. The second-order valence-corrected chi connectivity index (χ2v) is 6.89. The molecule has 0 aliphatic rings. The summed E-state index contributed by atoms with van der Waals surface area (Å²) in [5, 5.41) is 3.86. The Hall–Kier alpha value is -2.59. The topological polar surface area (TPSA) is 115 Å². The van der Waals surface area contributed by atoms with Gasteiger partial charge in [-0.2, -0.15) is 4.98 Å². The van der Waals surface area contributed by atoms with E-state index in [-0.39, 0.29) is 16.5 Å². The molecular formula is C14H15FN6O2S. The summed E-state index contributed by atoms with van der Waals surface area (Å²) in [6.07, 6.45) is 4.86. The van der Waals surface area contributed by atoms with Crippen molar-refractivity contribution < 1.29 is 12.8 Å². The van der Waals surface area contributed by atoms with E-state index >= 15 is 0 Å².